The molecule has 4 aromatic carbocycles. The number of amides is 1. The van der Waals surface area contributed by atoms with Gasteiger partial charge < -0.3 is 10.1 Å². The minimum Gasteiger partial charge on any atom is -0.456 e. The van der Waals surface area contributed by atoms with E-state index in [0.717, 1.165) is 9.13 Å². The van der Waals surface area contributed by atoms with E-state index in [0.29, 0.717) is 27.2 Å². The molecule has 36 heavy (non-hydrogen) atoms. The average molecular weight is 653 g/mol. The molecule has 10 heteroatoms. The highest BCUT2D eigenvalue weighted by molar-refractivity contribution is 14.1. The zero-order valence-corrected chi connectivity index (χ0v) is 23.2. The first kappa shape index (κ1) is 26.3. The Morgan fingerprint density at radius 1 is 0.917 bits per heavy atom. The van der Waals surface area contributed by atoms with E-state index in [4.69, 9.17) is 27.9 Å². The van der Waals surface area contributed by atoms with Gasteiger partial charge in [0.15, 0.2) is 0 Å². The summed E-state index contributed by atoms with van der Waals surface area (Å²) in [6.45, 7) is 1.96. The quantitative estimate of drug-likeness (QED) is 0.200. The highest BCUT2D eigenvalue weighted by Crippen LogP contribution is 2.30. The number of hydrogen-bond acceptors (Lipinski definition) is 4. The predicted molar refractivity (Wildman–Crippen MR) is 152 cm³/mol. The number of ether oxygens (including phenoxy) is 1. The van der Waals surface area contributed by atoms with E-state index in [2.05, 4.69) is 32.6 Å². The van der Waals surface area contributed by atoms with Crippen LogP contribution in [0.1, 0.15) is 15.9 Å². The normalized spacial score (nSPS) is 11.1. The number of para-hydroxylation sites is 1. The van der Waals surface area contributed by atoms with Crippen LogP contribution in [0.2, 0.25) is 10.0 Å². The van der Waals surface area contributed by atoms with Gasteiger partial charge in [-0.1, -0.05) is 41.4 Å². The van der Waals surface area contributed by atoms with Crippen LogP contribution >= 0.6 is 45.8 Å². The number of nitrogens with one attached hydrogen (secondary N) is 2. The van der Waals surface area contributed by atoms with Gasteiger partial charge in [-0.3, -0.25) is 9.52 Å². The molecule has 0 aromatic heterocycles. The number of aryl methyl sites for hydroxylation is 1. The Kier molecular flexibility index (Phi) is 8.09. The van der Waals surface area contributed by atoms with Gasteiger partial charge in [0.2, 0.25) is 0 Å². The number of anilines is 2. The maximum Gasteiger partial charge on any atom is 0.261 e. The summed E-state index contributed by atoms with van der Waals surface area (Å²) in [6, 6.07) is 22.7. The summed E-state index contributed by atoms with van der Waals surface area (Å²) in [6.07, 6.45) is 0. The number of sulfonamides is 1. The van der Waals surface area contributed by atoms with Crippen molar-refractivity contribution in [2.75, 3.05) is 10.0 Å². The lowest BCUT2D eigenvalue weighted by atomic mass is 10.1. The minimum absolute atomic E-state index is 0.0107. The number of hydrogen-bond donors (Lipinski definition) is 2. The van der Waals surface area contributed by atoms with E-state index in [1.54, 1.807) is 30.3 Å². The van der Waals surface area contributed by atoms with Gasteiger partial charge in [0.05, 0.1) is 21.2 Å². The van der Waals surface area contributed by atoms with Crippen LogP contribution in [0.3, 0.4) is 0 Å². The van der Waals surface area contributed by atoms with Gasteiger partial charge in [-0.25, -0.2) is 8.42 Å². The number of rotatable bonds is 7. The Balaban J connectivity index is 1.55. The third-order valence-corrected chi connectivity index (χ3v) is 8.19. The second kappa shape index (κ2) is 11.1. The summed E-state index contributed by atoms with van der Waals surface area (Å²) in [5.74, 6) is 0.368. The van der Waals surface area contributed by atoms with Crippen molar-refractivity contribution in [2.45, 2.75) is 11.8 Å². The lowest BCUT2D eigenvalue weighted by Gasteiger charge is -2.14. The van der Waals surface area contributed by atoms with Crippen molar-refractivity contribution >= 4 is 73.1 Å². The zero-order valence-electron chi connectivity index (χ0n) is 18.8. The van der Waals surface area contributed by atoms with E-state index >= 15 is 0 Å². The van der Waals surface area contributed by atoms with E-state index in [9.17, 15) is 13.2 Å². The van der Waals surface area contributed by atoms with E-state index in [1.165, 1.54) is 42.5 Å². The van der Waals surface area contributed by atoms with Gasteiger partial charge in [0.25, 0.3) is 15.9 Å². The Labute approximate surface area is 232 Å². The highest BCUT2D eigenvalue weighted by atomic mass is 127. The van der Waals surface area contributed by atoms with Gasteiger partial charge >= 0.3 is 0 Å². The lowest BCUT2D eigenvalue weighted by Crippen LogP contribution is -2.18. The smallest absolute Gasteiger partial charge is 0.261 e. The molecule has 0 fully saturated rings. The van der Waals surface area contributed by atoms with Crippen LogP contribution in [0, 0.1) is 10.5 Å². The molecular weight excluding hydrogens is 634 g/mol. The second-order valence-electron chi connectivity index (χ2n) is 7.72. The summed E-state index contributed by atoms with van der Waals surface area (Å²) in [5.41, 5.74) is 1.83. The third-order valence-electron chi connectivity index (χ3n) is 5.10. The van der Waals surface area contributed by atoms with Crippen molar-refractivity contribution < 1.29 is 17.9 Å². The SMILES string of the molecule is Cc1ccc(NC(=O)c2cc(Cl)ccc2NS(=O)(=O)c2ccc(Oc3ccccc3Cl)cc2)cc1I. The van der Waals surface area contributed by atoms with Crippen molar-refractivity contribution in [3.63, 3.8) is 0 Å². The van der Waals surface area contributed by atoms with Crippen LogP contribution in [0.4, 0.5) is 11.4 Å². The van der Waals surface area contributed by atoms with Gasteiger partial charge in [0, 0.05) is 14.3 Å². The molecule has 0 aliphatic rings. The molecule has 184 valence electrons. The number of carbonyl (C=O) groups excluding carboxylic acids is 1. The Morgan fingerprint density at radius 2 is 1.64 bits per heavy atom. The monoisotopic (exact) mass is 652 g/mol. The molecule has 2 N–H and O–H groups in total. The van der Waals surface area contributed by atoms with Crippen molar-refractivity contribution in [1.82, 2.24) is 0 Å². The molecule has 1 amide bonds. The summed E-state index contributed by atoms with van der Waals surface area (Å²) >= 11 is 14.4. The van der Waals surface area contributed by atoms with Crippen LogP contribution in [0.25, 0.3) is 0 Å². The topological polar surface area (TPSA) is 84.5 Å². The maximum absolute atomic E-state index is 13.1. The third kappa shape index (κ3) is 6.31. The van der Waals surface area contributed by atoms with Crippen molar-refractivity contribution in [3.05, 3.63) is 110 Å². The van der Waals surface area contributed by atoms with Gasteiger partial charge in [-0.15, -0.1) is 0 Å². The van der Waals surface area contributed by atoms with Crippen molar-refractivity contribution in [2.24, 2.45) is 0 Å². The number of carbonyl (C=O) groups is 1. The molecule has 0 radical (unpaired) electrons. The van der Waals surface area contributed by atoms with Crippen LogP contribution in [0.5, 0.6) is 11.5 Å². The van der Waals surface area contributed by atoms with Crippen LogP contribution in [-0.4, -0.2) is 14.3 Å². The second-order valence-corrected chi connectivity index (χ2v) is 11.4. The molecule has 0 unspecified atom stereocenters. The van der Waals surface area contributed by atoms with Gasteiger partial charge in [-0.2, -0.15) is 0 Å². The summed E-state index contributed by atoms with van der Waals surface area (Å²) < 4.78 is 35.4. The molecule has 0 saturated heterocycles. The number of benzene rings is 4. The van der Waals surface area contributed by atoms with Crippen LogP contribution in [0.15, 0.2) is 89.8 Å². The predicted octanol–water partition coefficient (Wildman–Crippen LogP) is 7.75. The maximum atomic E-state index is 13.1. The molecule has 4 rings (SSSR count). The first-order chi connectivity index (χ1) is 17.1. The molecular formula is C26H19Cl2IN2O4S. The summed E-state index contributed by atoms with van der Waals surface area (Å²) in [5, 5.41) is 3.52. The molecule has 0 aliphatic heterocycles. The average Bonchev–Trinajstić information content (AvgIpc) is 2.84. The fraction of sp³-hybridized carbons (Fsp3) is 0.0385. The van der Waals surface area contributed by atoms with Crippen LogP contribution < -0.4 is 14.8 Å². The summed E-state index contributed by atoms with van der Waals surface area (Å²) in [4.78, 5) is 13.0. The fourth-order valence-corrected chi connectivity index (χ4v) is 5.15. The van der Waals surface area contributed by atoms with E-state index < -0.39 is 15.9 Å². The Bertz CT molecular complexity index is 1540. The number of halogens is 3. The van der Waals surface area contributed by atoms with Gasteiger partial charge in [0.1, 0.15) is 11.5 Å². The van der Waals surface area contributed by atoms with E-state index in [1.807, 2.05) is 19.1 Å². The molecule has 0 spiro atoms. The van der Waals surface area contributed by atoms with Crippen LogP contribution in [-0.2, 0) is 10.0 Å². The molecule has 6 nitrogen and oxygen atoms in total. The molecule has 0 saturated carbocycles. The Hall–Kier alpha value is -2.79. The fourth-order valence-electron chi connectivity index (χ4n) is 3.21. The first-order valence-corrected chi connectivity index (χ1v) is 13.9. The Morgan fingerprint density at radius 3 is 2.33 bits per heavy atom. The highest BCUT2D eigenvalue weighted by Gasteiger charge is 2.20. The molecule has 0 aliphatic carbocycles. The van der Waals surface area contributed by atoms with Gasteiger partial charge in [-0.05, 0) is 102 Å². The molecule has 0 bridgehead atoms. The molecule has 0 heterocycles. The lowest BCUT2D eigenvalue weighted by molar-refractivity contribution is 0.102. The molecule has 4 aromatic rings. The molecule has 0 atom stereocenters. The summed E-state index contributed by atoms with van der Waals surface area (Å²) in [7, 11) is -4.02. The van der Waals surface area contributed by atoms with E-state index in [-0.39, 0.29) is 16.1 Å². The minimum atomic E-state index is -4.02. The van der Waals surface area contributed by atoms with Crippen molar-refractivity contribution in [3.8, 4) is 11.5 Å². The first-order valence-electron chi connectivity index (χ1n) is 10.5. The standard InChI is InChI=1S/C26H19Cl2IN2O4S/c1-16-6-8-18(15-23(16)29)30-26(32)21-14-17(27)7-13-24(21)31-36(33,34)20-11-9-19(10-12-20)35-25-5-3-2-4-22(25)28/h2-15,31H,1H3,(H,30,32). The van der Waals surface area contributed by atoms with Crippen molar-refractivity contribution in [1.29, 1.82) is 0 Å². The zero-order chi connectivity index (χ0) is 25.9. The largest absolute Gasteiger partial charge is 0.456 e.